The molecule has 0 amide bonds. The topological polar surface area (TPSA) is 23.5 Å². The summed E-state index contributed by atoms with van der Waals surface area (Å²) in [5, 5.41) is 12.5. The van der Waals surface area contributed by atoms with Crippen molar-refractivity contribution in [3.8, 4) is 0 Å². The fraction of sp³-hybridized carbons (Fsp3) is 0.412. The SMILES string of the molecule is CC(C)N(CCC(O)c1cccc(Br)c1)Cc1cccs1. The van der Waals surface area contributed by atoms with Gasteiger partial charge in [-0.2, -0.15) is 0 Å². The van der Waals surface area contributed by atoms with Gasteiger partial charge in [-0.05, 0) is 49.4 Å². The first-order chi connectivity index (χ1) is 10.1. The van der Waals surface area contributed by atoms with Gasteiger partial charge in [-0.3, -0.25) is 4.90 Å². The quantitative estimate of drug-likeness (QED) is 0.756. The summed E-state index contributed by atoms with van der Waals surface area (Å²) in [5.41, 5.74) is 0.976. The average Bonchev–Trinajstić information content (AvgIpc) is 2.95. The van der Waals surface area contributed by atoms with E-state index in [0.29, 0.717) is 6.04 Å². The molecule has 1 N–H and O–H groups in total. The zero-order valence-corrected chi connectivity index (χ0v) is 14.9. The minimum atomic E-state index is -0.410. The monoisotopic (exact) mass is 367 g/mol. The number of hydrogen-bond acceptors (Lipinski definition) is 3. The number of halogens is 1. The first-order valence-corrected chi connectivity index (χ1v) is 8.93. The molecule has 1 aromatic carbocycles. The molecule has 0 aliphatic heterocycles. The lowest BCUT2D eigenvalue weighted by atomic mass is 10.1. The van der Waals surface area contributed by atoms with Gasteiger partial charge in [0.25, 0.3) is 0 Å². The molecule has 0 bridgehead atoms. The van der Waals surface area contributed by atoms with Gasteiger partial charge in [-0.25, -0.2) is 0 Å². The minimum Gasteiger partial charge on any atom is -0.388 e. The van der Waals surface area contributed by atoms with E-state index in [4.69, 9.17) is 0 Å². The Labute approximate surface area is 139 Å². The van der Waals surface area contributed by atoms with Crippen LogP contribution < -0.4 is 0 Å². The highest BCUT2D eigenvalue weighted by molar-refractivity contribution is 9.10. The molecule has 2 nitrogen and oxygen atoms in total. The lowest BCUT2D eigenvalue weighted by Crippen LogP contribution is -2.31. The van der Waals surface area contributed by atoms with Crippen molar-refractivity contribution < 1.29 is 5.11 Å². The predicted molar refractivity (Wildman–Crippen MR) is 93.6 cm³/mol. The summed E-state index contributed by atoms with van der Waals surface area (Å²) in [6.07, 6.45) is 0.340. The molecule has 1 heterocycles. The van der Waals surface area contributed by atoms with E-state index >= 15 is 0 Å². The van der Waals surface area contributed by atoms with Crippen LogP contribution in [0.3, 0.4) is 0 Å². The maximum Gasteiger partial charge on any atom is 0.0802 e. The van der Waals surface area contributed by atoms with E-state index in [1.807, 2.05) is 24.3 Å². The van der Waals surface area contributed by atoms with E-state index in [9.17, 15) is 5.11 Å². The number of benzene rings is 1. The highest BCUT2D eigenvalue weighted by Crippen LogP contribution is 2.22. The fourth-order valence-electron chi connectivity index (χ4n) is 2.29. The van der Waals surface area contributed by atoms with Crippen molar-refractivity contribution >= 4 is 27.3 Å². The van der Waals surface area contributed by atoms with Crippen molar-refractivity contribution in [2.75, 3.05) is 6.54 Å². The lowest BCUT2D eigenvalue weighted by Gasteiger charge is -2.27. The third-order valence-electron chi connectivity index (χ3n) is 3.59. The predicted octanol–water partition coefficient (Wildman–Crippen LogP) is 4.84. The molecule has 0 fully saturated rings. The van der Waals surface area contributed by atoms with Crippen molar-refractivity contribution in [1.29, 1.82) is 0 Å². The summed E-state index contributed by atoms with van der Waals surface area (Å²) in [4.78, 5) is 3.79. The van der Waals surface area contributed by atoms with Gasteiger partial charge >= 0.3 is 0 Å². The third kappa shape index (κ3) is 5.22. The zero-order chi connectivity index (χ0) is 15.2. The van der Waals surface area contributed by atoms with Gasteiger partial charge in [-0.15, -0.1) is 11.3 Å². The molecular formula is C17H22BrNOS. The summed E-state index contributed by atoms with van der Waals surface area (Å²) in [6, 6.07) is 12.7. The molecule has 0 aliphatic rings. The molecule has 0 saturated heterocycles. The van der Waals surface area contributed by atoms with Crippen LogP contribution in [0.2, 0.25) is 0 Å². The molecule has 2 rings (SSSR count). The van der Waals surface area contributed by atoms with Crippen molar-refractivity contribution in [1.82, 2.24) is 4.90 Å². The third-order valence-corrected chi connectivity index (χ3v) is 4.95. The second kappa shape index (κ2) is 8.08. The number of rotatable bonds is 7. The summed E-state index contributed by atoms with van der Waals surface area (Å²) in [5.74, 6) is 0. The zero-order valence-electron chi connectivity index (χ0n) is 12.5. The molecule has 4 heteroatoms. The summed E-state index contributed by atoms with van der Waals surface area (Å²) in [6.45, 7) is 6.27. The summed E-state index contributed by atoms with van der Waals surface area (Å²) in [7, 11) is 0. The van der Waals surface area contributed by atoms with Crippen molar-refractivity contribution in [2.45, 2.75) is 39.0 Å². The van der Waals surface area contributed by atoms with Gasteiger partial charge in [0.15, 0.2) is 0 Å². The standard InChI is InChI=1S/C17H22BrNOS/c1-13(2)19(12-16-7-4-10-21-16)9-8-17(20)14-5-3-6-15(18)11-14/h3-7,10-11,13,17,20H,8-9,12H2,1-2H3. The molecule has 0 aliphatic carbocycles. The second-order valence-electron chi connectivity index (χ2n) is 5.50. The van der Waals surface area contributed by atoms with Crippen LogP contribution in [0.15, 0.2) is 46.3 Å². The van der Waals surface area contributed by atoms with Crippen LogP contribution >= 0.6 is 27.3 Å². The van der Waals surface area contributed by atoms with Gasteiger partial charge in [0.2, 0.25) is 0 Å². The molecule has 0 spiro atoms. The molecule has 2 aromatic rings. The van der Waals surface area contributed by atoms with Crippen molar-refractivity contribution in [3.63, 3.8) is 0 Å². The van der Waals surface area contributed by atoms with Gasteiger partial charge in [0.05, 0.1) is 6.10 Å². The summed E-state index contributed by atoms with van der Waals surface area (Å²) < 4.78 is 1.01. The van der Waals surface area contributed by atoms with E-state index < -0.39 is 6.10 Å². The van der Waals surface area contributed by atoms with E-state index in [2.05, 4.69) is 52.2 Å². The van der Waals surface area contributed by atoms with Gasteiger partial charge in [0, 0.05) is 28.5 Å². The molecule has 0 saturated carbocycles. The number of aliphatic hydroxyl groups is 1. The van der Waals surface area contributed by atoms with Crippen LogP contribution in [0, 0.1) is 0 Å². The smallest absolute Gasteiger partial charge is 0.0802 e. The van der Waals surface area contributed by atoms with Crippen LogP contribution in [0.25, 0.3) is 0 Å². The first kappa shape index (κ1) is 16.7. The highest BCUT2D eigenvalue weighted by Gasteiger charge is 2.14. The van der Waals surface area contributed by atoms with Crippen molar-refractivity contribution in [2.24, 2.45) is 0 Å². The van der Waals surface area contributed by atoms with Gasteiger partial charge in [0.1, 0.15) is 0 Å². The normalized spacial score (nSPS) is 13.0. The Balaban J connectivity index is 1.92. The maximum atomic E-state index is 10.4. The largest absolute Gasteiger partial charge is 0.388 e. The minimum absolute atomic E-state index is 0.410. The molecule has 0 radical (unpaired) electrons. The average molecular weight is 368 g/mol. The van der Waals surface area contributed by atoms with E-state index in [1.54, 1.807) is 11.3 Å². The Hall–Kier alpha value is -0.680. The van der Waals surface area contributed by atoms with Crippen LogP contribution in [-0.4, -0.2) is 22.6 Å². The molecule has 1 aromatic heterocycles. The Bertz CT molecular complexity index is 541. The molecular weight excluding hydrogens is 346 g/mol. The number of aliphatic hydroxyl groups excluding tert-OH is 1. The number of nitrogens with zero attached hydrogens (tertiary/aromatic N) is 1. The van der Waals surface area contributed by atoms with Crippen molar-refractivity contribution in [3.05, 3.63) is 56.7 Å². The molecule has 21 heavy (non-hydrogen) atoms. The molecule has 1 unspecified atom stereocenters. The van der Waals surface area contributed by atoms with E-state index in [1.165, 1.54) is 4.88 Å². The Morgan fingerprint density at radius 1 is 1.24 bits per heavy atom. The Morgan fingerprint density at radius 3 is 2.67 bits per heavy atom. The maximum absolute atomic E-state index is 10.4. The number of hydrogen-bond donors (Lipinski definition) is 1. The molecule has 114 valence electrons. The first-order valence-electron chi connectivity index (χ1n) is 7.26. The van der Waals surface area contributed by atoms with Crippen LogP contribution in [-0.2, 0) is 6.54 Å². The fourth-order valence-corrected chi connectivity index (χ4v) is 3.44. The second-order valence-corrected chi connectivity index (χ2v) is 7.45. The Morgan fingerprint density at radius 2 is 2.05 bits per heavy atom. The number of thiophene rings is 1. The van der Waals surface area contributed by atoms with Crippen LogP contribution in [0.4, 0.5) is 0 Å². The van der Waals surface area contributed by atoms with Gasteiger partial charge in [-0.1, -0.05) is 34.1 Å². The molecule has 1 atom stereocenters. The van der Waals surface area contributed by atoms with E-state index in [-0.39, 0.29) is 0 Å². The van der Waals surface area contributed by atoms with Gasteiger partial charge < -0.3 is 5.11 Å². The van der Waals surface area contributed by atoms with E-state index in [0.717, 1.165) is 29.5 Å². The van der Waals surface area contributed by atoms with Crippen LogP contribution in [0.5, 0.6) is 0 Å². The lowest BCUT2D eigenvalue weighted by molar-refractivity contribution is 0.127. The summed E-state index contributed by atoms with van der Waals surface area (Å²) >= 11 is 5.24. The Kier molecular flexibility index (Phi) is 6.42. The van der Waals surface area contributed by atoms with Crippen LogP contribution in [0.1, 0.15) is 36.8 Å². The highest BCUT2D eigenvalue weighted by atomic mass is 79.9.